The molecule has 0 N–H and O–H groups in total. The third-order valence-electron chi connectivity index (χ3n) is 6.30. The average Bonchev–Trinajstić information content (AvgIpc) is 3.21. The lowest BCUT2D eigenvalue weighted by Gasteiger charge is -2.19. The van der Waals surface area contributed by atoms with Gasteiger partial charge in [0, 0.05) is 17.1 Å². The van der Waals surface area contributed by atoms with Crippen LogP contribution in [0.1, 0.15) is 68.6 Å². The molecule has 0 aliphatic heterocycles. The van der Waals surface area contributed by atoms with Gasteiger partial charge in [-0.05, 0) is 70.7 Å². The Morgan fingerprint density at radius 3 is 2.24 bits per heavy atom. The number of aromatic nitrogens is 1. The maximum atomic E-state index is 4.76. The maximum absolute atomic E-state index is 4.76. The summed E-state index contributed by atoms with van der Waals surface area (Å²) in [7, 11) is 0. The topological polar surface area (TPSA) is 12.9 Å². The van der Waals surface area contributed by atoms with Crippen LogP contribution in [0.2, 0.25) is 0 Å². The van der Waals surface area contributed by atoms with Gasteiger partial charge >= 0.3 is 0 Å². The molecule has 0 radical (unpaired) electrons. The molecule has 126 valence electrons. The molecule has 1 heteroatoms. The average molecular weight is 327 g/mol. The first-order chi connectivity index (χ1) is 12.0. The molecule has 25 heavy (non-hydrogen) atoms. The van der Waals surface area contributed by atoms with Crippen molar-refractivity contribution in [1.82, 2.24) is 4.98 Å². The smallest absolute Gasteiger partial charge is 0.0780 e. The zero-order valence-electron chi connectivity index (χ0n) is 15.3. The highest BCUT2D eigenvalue weighted by Gasteiger charge is 2.37. The van der Waals surface area contributed by atoms with Crippen LogP contribution in [0.5, 0.6) is 0 Å². The van der Waals surface area contributed by atoms with Crippen molar-refractivity contribution in [2.75, 3.05) is 0 Å². The fraction of sp³-hybridized carbons (Fsp3) is 0.375. The fourth-order valence-corrected chi connectivity index (χ4v) is 4.87. The van der Waals surface area contributed by atoms with Crippen LogP contribution in [0, 0.1) is 0 Å². The molecule has 2 bridgehead atoms. The summed E-state index contributed by atoms with van der Waals surface area (Å²) < 4.78 is 0. The molecule has 2 aliphatic rings. The Morgan fingerprint density at radius 2 is 1.56 bits per heavy atom. The highest BCUT2D eigenvalue weighted by molar-refractivity contribution is 5.95. The molecule has 1 nitrogen and oxygen atoms in total. The maximum Gasteiger partial charge on any atom is 0.0780 e. The molecule has 2 aromatic carbocycles. The Labute approximate surface area is 150 Å². The van der Waals surface area contributed by atoms with E-state index in [1.54, 1.807) is 11.1 Å². The Bertz CT molecular complexity index is 960. The van der Waals surface area contributed by atoms with Crippen molar-refractivity contribution in [3.63, 3.8) is 0 Å². The zero-order chi connectivity index (χ0) is 17.2. The monoisotopic (exact) mass is 327 g/mol. The molecule has 1 saturated carbocycles. The molecule has 0 spiro atoms. The summed E-state index contributed by atoms with van der Waals surface area (Å²) in [5.74, 6) is 1.60. The summed E-state index contributed by atoms with van der Waals surface area (Å²) in [6, 6.07) is 16.1. The third-order valence-corrected chi connectivity index (χ3v) is 6.30. The molecule has 0 amide bonds. The molecule has 2 unspecified atom stereocenters. The van der Waals surface area contributed by atoms with Crippen LogP contribution in [-0.2, 0) is 5.41 Å². The molecule has 1 fully saturated rings. The highest BCUT2D eigenvalue weighted by Crippen LogP contribution is 2.54. The molecule has 3 aromatic rings. The number of pyridine rings is 1. The van der Waals surface area contributed by atoms with Gasteiger partial charge in [0.2, 0.25) is 0 Å². The van der Waals surface area contributed by atoms with Gasteiger partial charge in [-0.1, -0.05) is 51.1 Å². The largest absolute Gasteiger partial charge is 0.256 e. The summed E-state index contributed by atoms with van der Waals surface area (Å²) in [4.78, 5) is 4.76. The first-order valence-electron chi connectivity index (χ1n) is 9.54. The second-order valence-electron chi connectivity index (χ2n) is 8.90. The third kappa shape index (κ3) is 2.33. The number of nitrogens with zero attached hydrogens (tertiary/aromatic N) is 1. The lowest BCUT2D eigenvalue weighted by Crippen LogP contribution is -2.10. The van der Waals surface area contributed by atoms with Gasteiger partial charge in [0.25, 0.3) is 0 Å². The van der Waals surface area contributed by atoms with E-state index in [9.17, 15) is 0 Å². The Morgan fingerprint density at radius 1 is 0.880 bits per heavy atom. The summed E-state index contributed by atoms with van der Waals surface area (Å²) in [5.41, 5.74) is 7.12. The van der Waals surface area contributed by atoms with Crippen LogP contribution in [0.25, 0.3) is 22.0 Å². The fourth-order valence-electron chi connectivity index (χ4n) is 4.87. The van der Waals surface area contributed by atoms with E-state index in [0.717, 1.165) is 17.5 Å². The molecular formula is C24H25N. The van der Waals surface area contributed by atoms with Crippen molar-refractivity contribution in [1.29, 1.82) is 0 Å². The van der Waals surface area contributed by atoms with E-state index in [1.165, 1.54) is 41.2 Å². The molecule has 1 aromatic heterocycles. The van der Waals surface area contributed by atoms with Crippen LogP contribution in [-0.4, -0.2) is 4.98 Å². The van der Waals surface area contributed by atoms with Gasteiger partial charge in [-0.3, -0.25) is 4.98 Å². The lowest BCUT2D eigenvalue weighted by atomic mass is 9.86. The van der Waals surface area contributed by atoms with Crippen molar-refractivity contribution in [2.45, 2.75) is 57.3 Å². The number of benzene rings is 2. The van der Waals surface area contributed by atoms with Gasteiger partial charge in [-0.25, -0.2) is 0 Å². The highest BCUT2D eigenvalue weighted by atomic mass is 14.7. The number of rotatable bonds is 1. The van der Waals surface area contributed by atoms with Crippen molar-refractivity contribution in [2.24, 2.45) is 0 Å². The van der Waals surface area contributed by atoms with Gasteiger partial charge < -0.3 is 0 Å². The molecule has 2 aliphatic carbocycles. The minimum absolute atomic E-state index is 0.185. The van der Waals surface area contributed by atoms with Crippen molar-refractivity contribution < 1.29 is 0 Å². The van der Waals surface area contributed by atoms with E-state index < -0.39 is 0 Å². The molecule has 2 atom stereocenters. The van der Waals surface area contributed by atoms with Gasteiger partial charge in [0.05, 0.1) is 5.69 Å². The zero-order valence-corrected chi connectivity index (χ0v) is 15.3. The quantitative estimate of drug-likeness (QED) is 0.493. The van der Waals surface area contributed by atoms with Crippen LogP contribution in [0.15, 0.2) is 48.7 Å². The molecule has 5 rings (SSSR count). The summed E-state index contributed by atoms with van der Waals surface area (Å²) in [6.45, 7) is 6.78. The van der Waals surface area contributed by atoms with Crippen LogP contribution >= 0.6 is 0 Å². The molecule has 0 saturated heterocycles. The molecular weight excluding hydrogens is 302 g/mol. The van der Waals surface area contributed by atoms with E-state index in [4.69, 9.17) is 4.98 Å². The Hall–Kier alpha value is -2.15. The summed E-state index contributed by atoms with van der Waals surface area (Å²) in [5, 5.41) is 2.66. The van der Waals surface area contributed by atoms with Crippen LogP contribution < -0.4 is 0 Å². The number of hydrogen-bond donors (Lipinski definition) is 0. The predicted molar refractivity (Wildman–Crippen MR) is 105 cm³/mol. The standard InChI is InChI=1S/C24H25N/c1-24(2,3)19-8-6-15(7-9-19)23-22-14-21-17-5-4-16(12-17)20(21)13-18(22)10-11-25-23/h6-11,13-14,16-17H,4-5,12H2,1-3H3. The van der Waals surface area contributed by atoms with Gasteiger partial charge in [-0.2, -0.15) is 0 Å². The van der Waals surface area contributed by atoms with Crippen molar-refractivity contribution in [3.05, 3.63) is 65.4 Å². The van der Waals surface area contributed by atoms with E-state index in [2.05, 4.69) is 63.2 Å². The summed E-state index contributed by atoms with van der Waals surface area (Å²) >= 11 is 0. The van der Waals surface area contributed by atoms with E-state index in [0.29, 0.717) is 0 Å². The minimum Gasteiger partial charge on any atom is -0.256 e. The number of fused-ring (bicyclic) bond motifs is 6. The second-order valence-corrected chi connectivity index (χ2v) is 8.90. The molecule has 1 heterocycles. The van der Waals surface area contributed by atoms with Crippen LogP contribution in [0.3, 0.4) is 0 Å². The van der Waals surface area contributed by atoms with E-state index in [1.807, 2.05) is 6.20 Å². The van der Waals surface area contributed by atoms with Crippen molar-refractivity contribution in [3.8, 4) is 11.3 Å². The van der Waals surface area contributed by atoms with Gasteiger partial charge in [0.1, 0.15) is 0 Å². The normalized spacial score (nSPS) is 21.7. The summed E-state index contributed by atoms with van der Waals surface area (Å²) in [6.07, 6.45) is 6.10. The van der Waals surface area contributed by atoms with Crippen LogP contribution in [0.4, 0.5) is 0 Å². The first-order valence-corrected chi connectivity index (χ1v) is 9.54. The Balaban J connectivity index is 1.66. The Kier molecular flexibility index (Phi) is 3.13. The lowest BCUT2D eigenvalue weighted by molar-refractivity contribution is 0.590. The predicted octanol–water partition coefficient (Wildman–Crippen LogP) is 6.56. The van der Waals surface area contributed by atoms with E-state index >= 15 is 0 Å². The minimum atomic E-state index is 0.185. The SMILES string of the molecule is CC(C)(C)c1ccc(-c2nccc3cc4c(cc23)C2CCC4C2)cc1. The second kappa shape index (κ2) is 5.17. The van der Waals surface area contributed by atoms with Gasteiger partial charge in [-0.15, -0.1) is 0 Å². The van der Waals surface area contributed by atoms with Gasteiger partial charge in [0.15, 0.2) is 0 Å². The first kappa shape index (κ1) is 15.1. The van der Waals surface area contributed by atoms with E-state index in [-0.39, 0.29) is 5.41 Å². The van der Waals surface area contributed by atoms with Crippen molar-refractivity contribution >= 4 is 10.8 Å². The number of hydrogen-bond acceptors (Lipinski definition) is 1.